The number of benzene rings is 1. The zero-order valence-corrected chi connectivity index (χ0v) is 16.8. The molecule has 3 heterocycles. The molecule has 1 amide bonds. The molecule has 0 saturated carbocycles. The van der Waals surface area contributed by atoms with E-state index >= 15 is 0 Å². The van der Waals surface area contributed by atoms with Crippen LogP contribution in [0.2, 0.25) is 0 Å². The standard InChI is InChI=1S/C24H22N2O4/c1-15(2)17-7-9-18(10-8-17)21-20(22(27)19-6-4-12-30-19)23(28)24(29)26(21)14-16-5-3-11-25-13-16/h3-13,15,21,28H,14H2,1-2H3/t21-/m0/s1. The van der Waals surface area contributed by atoms with Gasteiger partial charge in [-0.1, -0.05) is 44.2 Å². The summed E-state index contributed by atoms with van der Waals surface area (Å²) in [6.07, 6.45) is 4.70. The van der Waals surface area contributed by atoms with Gasteiger partial charge in [0.25, 0.3) is 5.91 Å². The molecule has 1 N–H and O–H groups in total. The summed E-state index contributed by atoms with van der Waals surface area (Å²) in [5.74, 6) is -1.21. The topological polar surface area (TPSA) is 83.6 Å². The zero-order valence-electron chi connectivity index (χ0n) is 16.8. The third-order valence-corrected chi connectivity index (χ3v) is 5.29. The number of ketones is 1. The summed E-state index contributed by atoms with van der Waals surface area (Å²) >= 11 is 0. The fraction of sp³-hybridized carbons (Fsp3) is 0.208. The number of pyridine rings is 1. The van der Waals surface area contributed by atoms with Gasteiger partial charge in [0.1, 0.15) is 0 Å². The van der Waals surface area contributed by atoms with Crippen LogP contribution in [0.25, 0.3) is 0 Å². The van der Waals surface area contributed by atoms with Gasteiger partial charge in [-0.25, -0.2) is 0 Å². The van der Waals surface area contributed by atoms with Crippen molar-refractivity contribution in [1.29, 1.82) is 0 Å². The van der Waals surface area contributed by atoms with E-state index in [4.69, 9.17) is 4.42 Å². The summed E-state index contributed by atoms with van der Waals surface area (Å²) in [5.41, 5.74) is 2.72. The minimum Gasteiger partial charge on any atom is -0.503 e. The first-order valence-corrected chi connectivity index (χ1v) is 9.78. The molecule has 0 saturated heterocycles. The van der Waals surface area contributed by atoms with Crippen LogP contribution >= 0.6 is 0 Å². The Morgan fingerprint density at radius 1 is 1.17 bits per heavy atom. The van der Waals surface area contributed by atoms with E-state index in [1.165, 1.54) is 17.2 Å². The van der Waals surface area contributed by atoms with Gasteiger partial charge in [0.05, 0.1) is 17.9 Å². The number of Topliss-reactive ketones (excluding diaryl/α,β-unsaturated/α-hetero) is 1. The van der Waals surface area contributed by atoms with Crippen LogP contribution < -0.4 is 0 Å². The Kier molecular flexibility index (Phi) is 5.23. The Bertz CT molecular complexity index is 1080. The Hall–Kier alpha value is -3.67. The molecule has 0 fully saturated rings. The lowest BCUT2D eigenvalue weighted by Gasteiger charge is -2.27. The number of carbonyl (C=O) groups excluding carboxylic acids is 2. The lowest BCUT2D eigenvalue weighted by molar-refractivity contribution is -0.130. The molecule has 0 aliphatic carbocycles. The van der Waals surface area contributed by atoms with Gasteiger partial charge in [-0.15, -0.1) is 0 Å². The summed E-state index contributed by atoms with van der Waals surface area (Å²) in [5, 5.41) is 10.7. The normalized spacial score (nSPS) is 16.6. The van der Waals surface area contributed by atoms with Crippen molar-refractivity contribution in [1.82, 2.24) is 9.88 Å². The number of rotatable bonds is 6. The number of aliphatic hydroxyl groups excluding tert-OH is 1. The van der Waals surface area contributed by atoms with E-state index in [0.717, 1.165) is 16.7 Å². The van der Waals surface area contributed by atoms with Crippen molar-refractivity contribution in [3.8, 4) is 0 Å². The molecule has 1 aliphatic heterocycles. The van der Waals surface area contributed by atoms with Gasteiger partial charge in [0.15, 0.2) is 11.5 Å². The third-order valence-electron chi connectivity index (χ3n) is 5.29. The molecule has 1 atom stereocenters. The molecule has 0 unspecified atom stereocenters. The second kappa shape index (κ2) is 7.99. The lowest BCUT2D eigenvalue weighted by atomic mass is 9.93. The highest BCUT2D eigenvalue weighted by Gasteiger charge is 2.44. The summed E-state index contributed by atoms with van der Waals surface area (Å²) in [4.78, 5) is 31.7. The average Bonchev–Trinajstić information content (AvgIpc) is 3.37. The van der Waals surface area contributed by atoms with E-state index in [-0.39, 0.29) is 17.9 Å². The van der Waals surface area contributed by atoms with Crippen LogP contribution in [0.15, 0.2) is 82.9 Å². The molecular weight excluding hydrogens is 380 g/mol. The number of nitrogens with zero attached hydrogens (tertiary/aromatic N) is 2. The smallest absolute Gasteiger partial charge is 0.290 e. The predicted octanol–water partition coefficient (Wildman–Crippen LogP) is 4.58. The van der Waals surface area contributed by atoms with Gasteiger partial charge in [-0.05, 0) is 40.8 Å². The monoisotopic (exact) mass is 402 g/mol. The highest BCUT2D eigenvalue weighted by molar-refractivity contribution is 6.14. The van der Waals surface area contributed by atoms with Crippen LogP contribution in [0.3, 0.4) is 0 Å². The molecule has 6 heteroatoms. The Morgan fingerprint density at radius 3 is 2.53 bits per heavy atom. The summed E-state index contributed by atoms with van der Waals surface area (Å²) in [6, 6.07) is 13.8. The van der Waals surface area contributed by atoms with E-state index < -0.39 is 23.5 Å². The van der Waals surface area contributed by atoms with Crippen molar-refractivity contribution in [2.24, 2.45) is 0 Å². The highest BCUT2D eigenvalue weighted by atomic mass is 16.3. The van der Waals surface area contributed by atoms with E-state index in [1.807, 2.05) is 30.3 Å². The summed E-state index contributed by atoms with van der Waals surface area (Å²) in [6.45, 7) is 4.41. The highest BCUT2D eigenvalue weighted by Crippen LogP contribution is 2.40. The fourth-order valence-electron chi connectivity index (χ4n) is 3.69. The van der Waals surface area contributed by atoms with Gasteiger partial charge < -0.3 is 14.4 Å². The van der Waals surface area contributed by atoms with Crippen LogP contribution in [0.5, 0.6) is 0 Å². The van der Waals surface area contributed by atoms with Crippen LogP contribution in [0.1, 0.15) is 53.1 Å². The maximum absolute atomic E-state index is 13.1. The Labute approximate surface area is 174 Å². The Balaban J connectivity index is 1.78. The van der Waals surface area contributed by atoms with Crippen LogP contribution in [0.4, 0.5) is 0 Å². The van der Waals surface area contributed by atoms with Crippen molar-refractivity contribution in [3.63, 3.8) is 0 Å². The lowest BCUT2D eigenvalue weighted by Crippen LogP contribution is -2.30. The number of carbonyl (C=O) groups is 2. The first kappa shape index (κ1) is 19.6. The van der Waals surface area contributed by atoms with Crippen LogP contribution in [-0.4, -0.2) is 26.7 Å². The molecular formula is C24H22N2O4. The first-order valence-electron chi connectivity index (χ1n) is 9.78. The quantitative estimate of drug-likeness (QED) is 0.610. The maximum atomic E-state index is 13.1. The molecule has 152 valence electrons. The minimum atomic E-state index is -0.725. The molecule has 4 rings (SSSR count). The number of hydrogen-bond acceptors (Lipinski definition) is 5. The third kappa shape index (κ3) is 3.52. The number of amides is 1. The van der Waals surface area contributed by atoms with Crippen molar-refractivity contribution in [2.75, 3.05) is 0 Å². The summed E-state index contributed by atoms with van der Waals surface area (Å²) < 4.78 is 5.24. The van der Waals surface area contributed by atoms with Gasteiger partial charge >= 0.3 is 0 Å². The molecule has 6 nitrogen and oxygen atoms in total. The summed E-state index contributed by atoms with van der Waals surface area (Å²) in [7, 11) is 0. The fourth-order valence-corrected chi connectivity index (χ4v) is 3.69. The SMILES string of the molecule is CC(C)c1ccc([C@H]2C(C(=O)c3ccco3)=C(O)C(=O)N2Cc2cccnc2)cc1. The molecule has 30 heavy (non-hydrogen) atoms. The predicted molar refractivity (Wildman–Crippen MR) is 111 cm³/mol. The minimum absolute atomic E-state index is 0.0242. The van der Waals surface area contributed by atoms with Gasteiger partial charge in [-0.3, -0.25) is 14.6 Å². The van der Waals surface area contributed by atoms with E-state index in [0.29, 0.717) is 5.92 Å². The van der Waals surface area contributed by atoms with Crippen LogP contribution in [-0.2, 0) is 11.3 Å². The molecule has 2 aromatic heterocycles. The molecule has 3 aromatic rings. The second-order valence-electron chi connectivity index (χ2n) is 7.59. The molecule has 1 aromatic carbocycles. The van der Waals surface area contributed by atoms with E-state index in [2.05, 4.69) is 18.8 Å². The first-order chi connectivity index (χ1) is 14.5. The zero-order chi connectivity index (χ0) is 21.3. The van der Waals surface area contributed by atoms with Crippen molar-refractivity contribution in [3.05, 3.63) is 101 Å². The number of hydrogen-bond donors (Lipinski definition) is 1. The molecule has 0 spiro atoms. The Morgan fingerprint density at radius 2 is 1.93 bits per heavy atom. The molecule has 1 aliphatic rings. The van der Waals surface area contributed by atoms with Gasteiger partial charge in [0, 0.05) is 18.9 Å². The number of aliphatic hydroxyl groups is 1. The average molecular weight is 402 g/mol. The van der Waals surface area contributed by atoms with Crippen molar-refractivity contribution >= 4 is 11.7 Å². The van der Waals surface area contributed by atoms with E-state index in [1.54, 1.807) is 24.5 Å². The largest absolute Gasteiger partial charge is 0.503 e. The van der Waals surface area contributed by atoms with Crippen molar-refractivity contribution in [2.45, 2.75) is 32.4 Å². The second-order valence-corrected chi connectivity index (χ2v) is 7.59. The van der Waals surface area contributed by atoms with E-state index in [9.17, 15) is 14.7 Å². The van der Waals surface area contributed by atoms with Gasteiger partial charge in [0.2, 0.25) is 5.78 Å². The van der Waals surface area contributed by atoms with Crippen molar-refractivity contribution < 1.29 is 19.1 Å². The maximum Gasteiger partial charge on any atom is 0.290 e. The van der Waals surface area contributed by atoms with Gasteiger partial charge in [-0.2, -0.15) is 0 Å². The molecule has 0 radical (unpaired) electrons. The number of aromatic nitrogens is 1. The van der Waals surface area contributed by atoms with Crippen LogP contribution in [0, 0.1) is 0 Å². The molecule has 0 bridgehead atoms. The number of furan rings is 1.